The lowest BCUT2D eigenvalue weighted by atomic mass is 9.77. The summed E-state index contributed by atoms with van der Waals surface area (Å²) >= 11 is 0. The highest BCUT2D eigenvalue weighted by Crippen LogP contribution is 2.39. The van der Waals surface area contributed by atoms with Gasteiger partial charge in [0.05, 0.1) is 6.04 Å². The number of nitrogens with zero attached hydrogens (tertiary/aromatic N) is 3. The van der Waals surface area contributed by atoms with Crippen molar-refractivity contribution in [2.24, 2.45) is 5.41 Å². The maximum absolute atomic E-state index is 5.45. The molecule has 0 radical (unpaired) electrons. The van der Waals surface area contributed by atoms with Crippen molar-refractivity contribution >= 4 is 0 Å². The minimum atomic E-state index is 0.129. The molecule has 100 valence electrons. The average molecular weight is 258 g/mol. The van der Waals surface area contributed by atoms with Gasteiger partial charge in [0.25, 0.3) is 0 Å². The summed E-state index contributed by atoms with van der Waals surface area (Å²) in [5.41, 5.74) is 1.07. The number of aromatic nitrogens is 3. The second kappa shape index (κ2) is 4.74. The Morgan fingerprint density at radius 3 is 2.84 bits per heavy atom. The minimum absolute atomic E-state index is 0.129. The van der Waals surface area contributed by atoms with E-state index in [4.69, 9.17) is 4.52 Å². The van der Waals surface area contributed by atoms with Crippen LogP contribution in [0.3, 0.4) is 0 Å². The fourth-order valence-corrected chi connectivity index (χ4v) is 2.60. The van der Waals surface area contributed by atoms with E-state index in [0.717, 1.165) is 18.5 Å². The third kappa shape index (κ3) is 2.38. The summed E-state index contributed by atoms with van der Waals surface area (Å²) in [6, 6.07) is 3.90. The van der Waals surface area contributed by atoms with Gasteiger partial charge in [-0.15, -0.1) is 0 Å². The van der Waals surface area contributed by atoms with Crippen LogP contribution < -0.4 is 5.32 Å². The number of rotatable bonds is 2. The Hall–Kier alpha value is -1.75. The first-order valence-corrected chi connectivity index (χ1v) is 6.64. The fourth-order valence-electron chi connectivity index (χ4n) is 2.60. The van der Waals surface area contributed by atoms with Gasteiger partial charge in [0.15, 0.2) is 0 Å². The lowest BCUT2D eigenvalue weighted by Crippen LogP contribution is -2.39. The van der Waals surface area contributed by atoms with Crippen LogP contribution in [0.4, 0.5) is 0 Å². The zero-order valence-electron chi connectivity index (χ0n) is 11.3. The molecule has 19 heavy (non-hydrogen) atoms. The van der Waals surface area contributed by atoms with Crippen molar-refractivity contribution in [1.29, 1.82) is 0 Å². The molecule has 0 amide bonds. The van der Waals surface area contributed by atoms with E-state index >= 15 is 0 Å². The molecule has 1 N–H and O–H groups in total. The molecule has 5 nitrogen and oxygen atoms in total. The molecule has 0 spiro atoms. The van der Waals surface area contributed by atoms with Crippen LogP contribution in [0.25, 0.3) is 11.4 Å². The molecule has 1 fully saturated rings. The Morgan fingerprint density at radius 1 is 1.32 bits per heavy atom. The number of hydrogen-bond donors (Lipinski definition) is 1. The molecular formula is C14H18N4O. The molecule has 1 aliphatic rings. The molecule has 5 heteroatoms. The van der Waals surface area contributed by atoms with Crippen molar-refractivity contribution in [3.05, 3.63) is 30.4 Å². The van der Waals surface area contributed by atoms with Gasteiger partial charge in [-0.2, -0.15) is 4.98 Å². The normalized spacial score (nSPS) is 22.3. The standard InChI is InChI=1S/C14H18N4O/c1-14(2)6-3-7-16-11(14)13-17-12(18-19-13)10-4-8-15-9-5-10/h4-5,8-9,11,16H,3,6-7H2,1-2H3. The zero-order valence-corrected chi connectivity index (χ0v) is 11.3. The molecule has 1 saturated heterocycles. The molecule has 1 aliphatic heterocycles. The Balaban J connectivity index is 1.89. The van der Waals surface area contributed by atoms with Gasteiger partial charge in [-0.25, -0.2) is 0 Å². The van der Waals surface area contributed by atoms with Crippen molar-refractivity contribution in [1.82, 2.24) is 20.4 Å². The Morgan fingerprint density at radius 2 is 2.11 bits per heavy atom. The fraction of sp³-hybridized carbons (Fsp3) is 0.500. The summed E-state index contributed by atoms with van der Waals surface area (Å²) in [5.74, 6) is 1.30. The van der Waals surface area contributed by atoms with Gasteiger partial charge in [0, 0.05) is 18.0 Å². The van der Waals surface area contributed by atoms with Crippen LogP contribution >= 0.6 is 0 Å². The molecule has 0 bridgehead atoms. The first kappa shape index (κ1) is 12.3. The van der Waals surface area contributed by atoms with Crippen molar-refractivity contribution in [3.8, 4) is 11.4 Å². The van der Waals surface area contributed by atoms with Gasteiger partial charge in [-0.3, -0.25) is 4.98 Å². The number of pyridine rings is 1. The average Bonchev–Trinajstić information content (AvgIpc) is 2.88. The summed E-state index contributed by atoms with van der Waals surface area (Å²) < 4.78 is 5.45. The van der Waals surface area contributed by atoms with E-state index in [1.54, 1.807) is 12.4 Å². The Bertz CT molecular complexity index is 550. The van der Waals surface area contributed by atoms with Crippen LogP contribution in [-0.2, 0) is 0 Å². The highest BCUT2D eigenvalue weighted by Gasteiger charge is 2.36. The molecule has 3 heterocycles. The maximum atomic E-state index is 5.45. The van der Waals surface area contributed by atoms with E-state index in [1.165, 1.54) is 6.42 Å². The van der Waals surface area contributed by atoms with Crippen LogP contribution in [-0.4, -0.2) is 21.7 Å². The van der Waals surface area contributed by atoms with Crippen molar-refractivity contribution < 1.29 is 4.52 Å². The van der Waals surface area contributed by atoms with Crippen molar-refractivity contribution in [2.75, 3.05) is 6.54 Å². The molecule has 2 aromatic rings. The summed E-state index contributed by atoms with van der Waals surface area (Å²) in [5, 5.41) is 7.56. The smallest absolute Gasteiger partial charge is 0.244 e. The highest BCUT2D eigenvalue weighted by molar-refractivity contribution is 5.52. The predicted octanol–water partition coefficient (Wildman–Crippen LogP) is 2.58. The zero-order chi connectivity index (χ0) is 13.3. The first-order valence-electron chi connectivity index (χ1n) is 6.64. The van der Waals surface area contributed by atoms with Gasteiger partial charge in [-0.05, 0) is 36.9 Å². The van der Waals surface area contributed by atoms with Gasteiger partial charge in [-0.1, -0.05) is 19.0 Å². The van der Waals surface area contributed by atoms with E-state index < -0.39 is 0 Å². The first-order chi connectivity index (χ1) is 9.17. The second-order valence-electron chi connectivity index (χ2n) is 5.67. The van der Waals surface area contributed by atoms with E-state index in [2.05, 4.69) is 34.3 Å². The van der Waals surface area contributed by atoms with Crippen LogP contribution in [0.2, 0.25) is 0 Å². The van der Waals surface area contributed by atoms with Gasteiger partial charge in [0.2, 0.25) is 11.7 Å². The van der Waals surface area contributed by atoms with Crippen LogP contribution in [0, 0.1) is 5.41 Å². The Kier molecular flexibility index (Phi) is 3.06. The summed E-state index contributed by atoms with van der Waals surface area (Å²) in [6.45, 7) is 5.47. The molecule has 3 rings (SSSR count). The van der Waals surface area contributed by atoms with Crippen molar-refractivity contribution in [2.45, 2.75) is 32.7 Å². The molecule has 0 saturated carbocycles. The van der Waals surface area contributed by atoms with Gasteiger partial charge in [0.1, 0.15) is 0 Å². The molecule has 0 aliphatic carbocycles. The largest absolute Gasteiger partial charge is 0.337 e. The van der Waals surface area contributed by atoms with E-state index in [1.807, 2.05) is 12.1 Å². The van der Waals surface area contributed by atoms with E-state index in [-0.39, 0.29) is 11.5 Å². The maximum Gasteiger partial charge on any atom is 0.244 e. The topological polar surface area (TPSA) is 63.8 Å². The lowest BCUT2D eigenvalue weighted by Gasteiger charge is -2.36. The second-order valence-corrected chi connectivity index (χ2v) is 5.67. The van der Waals surface area contributed by atoms with E-state index in [0.29, 0.717) is 11.7 Å². The molecular weight excluding hydrogens is 240 g/mol. The molecule has 2 aromatic heterocycles. The van der Waals surface area contributed by atoms with Crippen LogP contribution in [0.1, 0.15) is 38.6 Å². The van der Waals surface area contributed by atoms with Crippen LogP contribution in [0.5, 0.6) is 0 Å². The third-order valence-corrected chi connectivity index (χ3v) is 3.76. The number of piperidine rings is 1. The minimum Gasteiger partial charge on any atom is -0.337 e. The molecule has 1 atom stereocenters. The summed E-state index contributed by atoms with van der Waals surface area (Å²) in [7, 11) is 0. The third-order valence-electron chi connectivity index (χ3n) is 3.76. The van der Waals surface area contributed by atoms with Gasteiger partial charge >= 0.3 is 0 Å². The monoisotopic (exact) mass is 258 g/mol. The SMILES string of the molecule is CC1(C)CCCNC1c1nc(-c2ccncc2)no1. The Labute approximate surface area is 112 Å². The van der Waals surface area contributed by atoms with Crippen LogP contribution in [0.15, 0.2) is 29.0 Å². The lowest BCUT2D eigenvalue weighted by molar-refractivity contribution is 0.146. The van der Waals surface area contributed by atoms with Gasteiger partial charge < -0.3 is 9.84 Å². The molecule has 0 aromatic carbocycles. The summed E-state index contributed by atoms with van der Waals surface area (Å²) in [4.78, 5) is 8.52. The highest BCUT2D eigenvalue weighted by atomic mass is 16.5. The van der Waals surface area contributed by atoms with Crippen molar-refractivity contribution in [3.63, 3.8) is 0 Å². The van der Waals surface area contributed by atoms with E-state index in [9.17, 15) is 0 Å². The molecule has 1 unspecified atom stereocenters. The summed E-state index contributed by atoms with van der Waals surface area (Å²) in [6.07, 6.45) is 5.81. The predicted molar refractivity (Wildman–Crippen MR) is 71.3 cm³/mol. The quantitative estimate of drug-likeness (QED) is 0.897. The number of nitrogens with one attached hydrogen (secondary N) is 1. The number of hydrogen-bond acceptors (Lipinski definition) is 5.